The van der Waals surface area contributed by atoms with Crippen LogP contribution in [-0.4, -0.2) is 59.4 Å². The highest BCUT2D eigenvalue weighted by molar-refractivity contribution is 5.86. The van der Waals surface area contributed by atoms with E-state index in [-0.39, 0.29) is 30.8 Å². The predicted molar refractivity (Wildman–Crippen MR) is 87.7 cm³/mol. The first-order valence-corrected chi connectivity index (χ1v) is 7.88. The van der Waals surface area contributed by atoms with E-state index in [1.807, 2.05) is 0 Å². The molecule has 1 aliphatic rings. The van der Waals surface area contributed by atoms with Crippen molar-refractivity contribution in [1.82, 2.24) is 9.80 Å². The maximum atomic E-state index is 12.4. The van der Waals surface area contributed by atoms with Crippen LogP contribution in [0.2, 0.25) is 0 Å². The Kier molecular flexibility index (Phi) is 7.51. The van der Waals surface area contributed by atoms with Gasteiger partial charge in [-0.2, -0.15) is 0 Å². The maximum Gasteiger partial charge on any atom is 0.308 e. The second-order valence-electron chi connectivity index (χ2n) is 5.96. The number of nitrogens with zero attached hydrogens (tertiary/aromatic N) is 2. The van der Waals surface area contributed by atoms with Crippen molar-refractivity contribution in [3.8, 4) is 0 Å². The summed E-state index contributed by atoms with van der Waals surface area (Å²) >= 11 is 0. The molecule has 0 saturated carbocycles. The van der Waals surface area contributed by atoms with E-state index < -0.39 is 11.9 Å². The Labute approximate surface area is 137 Å². The van der Waals surface area contributed by atoms with E-state index in [2.05, 4.69) is 13.2 Å². The Morgan fingerprint density at radius 1 is 1.30 bits per heavy atom. The average Bonchev–Trinajstić information content (AvgIpc) is 2.53. The number of carbonyl (C=O) groups excluding carboxylic acids is 2. The fourth-order valence-corrected chi connectivity index (χ4v) is 2.80. The molecule has 0 aromatic carbocycles. The van der Waals surface area contributed by atoms with E-state index in [4.69, 9.17) is 5.11 Å². The minimum absolute atomic E-state index is 0.0318. The van der Waals surface area contributed by atoms with E-state index >= 15 is 0 Å². The number of piperidine rings is 1. The second-order valence-corrected chi connectivity index (χ2v) is 5.96. The van der Waals surface area contributed by atoms with Gasteiger partial charge in [-0.05, 0) is 25.7 Å². The van der Waals surface area contributed by atoms with Gasteiger partial charge in [-0.15, -0.1) is 13.2 Å². The van der Waals surface area contributed by atoms with Crippen molar-refractivity contribution in [2.75, 3.05) is 26.7 Å². The average molecular weight is 322 g/mol. The lowest BCUT2D eigenvalue weighted by Crippen LogP contribution is -2.47. The van der Waals surface area contributed by atoms with E-state index in [0.29, 0.717) is 32.2 Å². The number of hydrogen-bond donors (Lipinski definition) is 1. The smallest absolute Gasteiger partial charge is 0.308 e. The molecule has 0 aromatic rings. The summed E-state index contributed by atoms with van der Waals surface area (Å²) in [4.78, 5) is 38.7. The molecule has 6 heteroatoms. The van der Waals surface area contributed by atoms with E-state index in [1.165, 1.54) is 4.90 Å². The van der Waals surface area contributed by atoms with Crippen molar-refractivity contribution in [1.29, 1.82) is 0 Å². The van der Waals surface area contributed by atoms with Gasteiger partial charge in [0.2, 0.25) is 11.8 Å². The molecule has 128 valence electrons. The summed E-state index contributed by atoms with van der Waals surface area (Å²) in [6.45, 7) is 8.03. The molecule has 0 spiro atoms. The van der Waals surface area contributed by atoms with Gasteiger partial charge in [0.15, 0.2) is 0 Å². The third kappa shape index (κ3) is 5.54. The lowest BCUT2D eigenvalue weighted by Gasteiger charge is -2.32. The standard InChI is InChI=1S/C17H26N2O4/c1-4-7-13(8-5-2)16(21)18(3)12-15(20)19-10-6-9-14(11-19)17(22)23/h4-5,13-14H,1-2,6-12H2,3H3,(H,22,23). The molecule has 1 heterocycles. The fourth-order valence-electron chi connectivity index (χ4n) is 2.80. The van der Waals surface area contributed by atoms with Gasteiger partial charge in [-0.1, -0.05) is 12.2 Å². The number of carboxylic acids is 1. The molecule has 0 bridgehead atoms. The summed E-state index contributed by atoms with van der Waals surface area (Å²) in [7, 11) is 1.60. The number of carbonyl (C=O) groups is 3. The van der Waals surface area contributed by atoms with E-state index in [1.54, 1.807) is 24.1 Å². The molecule has 1 N–H and O–H groups in total. The van der Waals surface area contributed by atoms with Crippen molar-refractivity contribution in [2.45, 2.75) is 25.7 Å². The SMILES string of the molecule is C=CCC(CC=C)C(=O)N(C)CC(=O)N1CCCC(C(=O)O)C1. The van der Waals surface area contributed by atoms with Gasteiger partial charge in [-0.3, -0.25) is 14.4 Å². The second kappa shape index (κ2) is 9.12. The summed E-state index contributed by atoms with van der Waals surface area (Å²) < 4.78 is 0. The van der Waals surface area contributed by atoms with Gasteiger partial charge in [0.05, 0.1) is 12.5 Å². The monoisotopic (exact) mass is 322 g/mol. The third-order valence-corrected chi connectivity index (χ3v) is 4.12. The maximum absolute atomic E-state index is 12.4. The molecule has 1 rings (SSSR count). The molecule has 1 atom stereocenters. The first-order valence-electron chi connectivity index (χ1n) is 7.88. The van der Waals surface area contributed by atoms with E-state index in [9.17, 15) is 14.4 Å². The quantitative estimate of drug-likeness (QED) is 0.688. The molecule has 1 fully saturated rings. The predicted octanol–water partition coefficient (Wildman–Crippen LogP) is 1.54. The van der Waals surface area contributed by atoms with Gasteiger partial charge >= 0.3 is 5.97 Å². The fraction of sp³-hybridized carbons (Fsp3) is 0.588. The van der Waals surface area contributed by atoms with Gasteiger partial charge in [0.1, 0.15) is 0 Å². The molecule has 1 saturated heterocycles. The zero-order chi connectivity index (χ0) is 17.4. The number of rotatable bonds is 8. The summed E-state index contributed by atoms with van der Waals surface area (Å²) in [5, 5.41) is 9.08. The molecule has 6 nitrogen and oxygen atoms in total. The van der Waals surface area contributed by atoms with Crippen molar-refractivity contribution < 1.29 is 19.5 Å². The Bertz CT molecular complexity index is 465. The van der Waals surface area contributed by atoms with Crippen LogP contribution in [0.5, 0.6) is 0 Å². The van der Waals surface area contributed by atoms with Crippen molar-refractivity contribution in [3.05, 3.63) is 25.3 Å². The summed E-state index contributed by atoms with van der Waals surface area (Å²) in [5.74, 6) is -1.96. The topological polar surface area (TPSA) is 77.9 Å². The third-order valence-electron chi connectivity index (χ3n) is 4.12. The Hall–Kier alpha value is -2.11. The largest absolute Gasteiger partial charge is 0.481 e. The molecular formula is C17H26N2O4. The number of carboxylic acid groups (broad SMARTS) is 1. The number of aliphatic carboxylic acids is 1. The number of amides is 2. The van der Waals surface area contributed by atoms with Crippen molar-refractivity contribution in [2.24, 2.45) is 11.8 Å². The summed E-state index contributed by atoms with van der Waals surface area (Å²) in [6, 6.07) is 0. The zero-order valence-electron chi connectivity index (χ0n) is 13.7. The van der Waals surface area contributed by atoms with Crippen LogP contribution in [0.15, 0.2) is 25.3 Å². The van der Waals surface area contributed by atoms with Crippen molar-refractivity contribution >= 4 is 17.8 Å². The highest BCUT2D eigenvalue weighted by atomic mass is 16.4. The highest BCUT2D eigenvalue weighted by Crippen LogP contribution is 2.18. The zero-order valence-corrected chi connectivity index (χ0v) is 13.7. The molecule has 0 aromatic heterocycles. The van der Waals surface area contributed by atoms with Crippen LogP contribution in [0.1, 0.15) is 25.7 Å². The Morgan fingerprint density at radius 3 is 2.43 bits per heavy atom. The minimum atomic E-state index is -0.871. The first-order chi connectivity index (χ1) is 10.9. The number of hydrogen-bond acceptors (Lipinski definition) is 3. The highest BCUT2D eigenvalue weighted by Gasteiger charge is 2.29. The van der Waals surface area contributed by atoms with E-state index in [0.717, 1.165) is 0 Å². The van der Waals surface area contributed by atoms with Gasteiger partial charge in [0.25, 0.3) is 0 Å². The van der Waals surface area contributed by atoms with Crippen LogP contribution < -0.4 is 0 Å². The molecule has 1 aliphatic heterocycles. The molecule has 1 unspecified atom stereocenters. The van der Waals surface area contributed by atoms with Gasteiger partial charge in [-0.25, -0.2) is 0 Å². The molecule has 0 aliphatic carbocycles. The number of likely N-dealkylation sites (N-methyl/N-ethyl adjacent to an activating group) is 1. The van der Waals surface area contributed by atoms with Gasteiger partial charge in [0, 0.05) is 26.1 Å². The molecule has 0 radical (unpaired) electrons. The van der Waals surface area contributed by atoms with Crippen LogP contribution in [0.25, 0.3) is 0 Å². The lowest BCUT2D eigenvalue weighted by molar-refractivity contribution is -0.147. The molecule has 23 heavy (non-hydrogen) atoms. The van der Waals surface area contributed by atoms with Crippen LogP contribution >= 0.6 is 0 Å². The van der Waals surface area contributed by atoms with Crippen molar-refractivity contribution in [3.63, 3.8) is 0 Å². The summed E-state index contributed by atoms with van der Waals surface area (Å²) in [6.07, 6.45) is 5.71. The van der Waals surface area contributed by atoms with Crippen LogP contribution in [0.4, 0.5) is 0 Å². The van der Waals surface area contributed by atoms with Gasteiger partial charge < -0.3 is 14.9 Å². The van der Waals surface area contributed by atoms with Crippen LogP contribution in [0.3, 0.4) is 0 Å². The molecular weight excluding hydrogens is 296 g/mol. The van der Waals surface area contributed by atoms with Crippen LogP contribution in [-0.2, 0) is 14.4 Å². The normalized spacial score (nSPS) is 17.7. The number of allylic oxidation sites excluding steroid dienone is 2. The molecule has 2 amide bonds. The van der Waals surface area contributed by atoms with Crippen LogP contribution in [0, 0.1) is 11.8 Å². The minimum Gasteiger partial charge on any atom is -0.481 e. The Morgan fingerprint density at radius 2 is 1.91 bits per heavy atom. The first kappa shape index (κ1) is 18.9. The summed E-state index contributed by atoms with van der Waals surface area (Å²) in [5.41, 5.74) is 0. The Balaban J connectivity index is 2.60. The number of likely N-dealkylation sites (tertiary alicyclic amines) is 1. The lowest BCUT2D eigenvalue weighted by atomic mass is 9.98.